The fraction of sp³-hybridized carbons (Fsp3) is 0.889. The van der Waals surface area contributed by atoms with Crippen molar-refractivity contribution in [3.8, 4) is 0 Å². The van der Waals surface area contributed by atoms with Gasteiger partial charge in [-0.2, -0.15) is 0 Å². The third-order valence-electron chi connectivity index (χ3n) is 10.9. The summed E-state index contributed by atoms with van der Waals surface area (Å²) in [6.45, 7) is 8.03. The Morgan fingerprint density at radius 3 is 2.49 bits per heavy atom. The van der Waals surface area contributed by atoms with Crippen molar-refractivity contribution in [3.05, 3.63) is 11.6 Å². The molecule has 0 radical (unpaired) electrons. The van der Waals surface area contributed by atoms with Crippen LogP contribution in [0.25, 0.3) is 0 Å². The lowest BCUT2D eigenvalue weighted by Gasteiger charge is -2.60. The molecule has 0 spiro atoms. The predicted octanol–water partition coefficient (Wildman–Crippen LogP) is 2.20. The van der Waals surface area contributed by atoms with Gasteiger partial charge in [0.2, 0.25) is 0 Å². The Bertz CT molecular complexity index is 888. The number of hydrogen-bond acceptors (Lipinski definition) is 7. The normalized spacial score (nSPS) is 52.6. The van der Waals surface area contributed by atoms with E-state index in [2.05, 4.69) is 13.0 Å². The zero-order chi connectivity index (χ0) is 25.5. The predicted molar refractivity (Wildman–Crippen MR) is 126 cm³/mol. The van der Waals surface area contributed by atoms with Crippen LogP contribution >= 0.6 is 0 Å². The van der Waals surface area contributed by atoms with Crippen molar-refractivity contribution >= 4 is 5.97 Å². The lowest BCUT2D eigenvalue weighted by Crippen LogP contribution is -2.65. The van der Waals surface area contributed by atoms with Gasteiger partial charge in [0.1, 0.15) is 23.7 Å². The highest BCUT2D eigenvalue weighted by Crippen LogP contribution is 2.83. The molecular formula is C27H42O8. The summed E-state index contributed by atoms with van der Waals surface area (Å²) in [6.07, 6.45) is 0.761. The van der Waals surface area contributed by atoms with E-state index in [-0.39, 0.29) is 31.0 Å². The number of ether oxygens (including phenoxy) is 3. The fourth-order valence-corrected chi connectivity index (χ4v) is 9.55. The van der Waals surface area contributed by atoms with E-state index < -0.39 is 52.9 Å². The number of aliphatic hydroxyl groups excluding tert-OH is 3. The maximum Gasteiger partial charge on any atom is 0.315 e. The van der Waals surface area contributed by atoms with Crippen molar-refractivity contribution in [2.24, 2.45) is 45.8 Å². The van der Waals surface area contributed by atoms with Gasteiger partial charge in [-0.25, -0.2) is 0 Å². The van der Waals surface area contributed by atoms with E-state index in [1.807, 2.05) is 13.8 Å². The van der Waals surface area contributed by atoms with E-state index in [0.717, 1.165) is 18.4 Å². The molecule has 0 aromatic rings. The van der Waals surface area contributed by atoms with Gasteiger partial charge in [-0.3, -0.25) is 4.79 Å². The van der Waals surface area contributed by atoms with Crippen LogP contribution in [0, 0.1) is 45.8 Å². The molecule has 198 valence electrons. The summed E-state index contributed by atoms with van der Waals surface area (Å²) in [7, 11) is 1.46. The zero-order valence-electron chi connectivity index (χ0n) is 21.5. The van der Waals surface area contributed by atoms with Crippen LogP contribution in [0.4, 0.5) is 0 Å². The van der Waals surface area contributed by atoms with Gasteiger partial charge in [0.15, 0.2) is 6.29 Å². The Kier molecular flexibility index (Phi) is 6.22. The number of carboxylic acid groups (broad SMARTS) is 1. The fourth-order valence-electron chi connectivity index (χ4n) is 9.55. The maximum absolute atomic E-state index is 13.5. The van der Waals surface area contributed by atoms with Crippen LogP contribution in [0.3, 0.4) is 0 Å². The molecule has 4 bridgehead atoms. The molecule has 5 aliphatic rings. The standard InChI is InChI=1S/C27H42O8/c1-13(2)19-8-16-9-25(11-28)18-7-6-14(3)17(18)10-26(16,27(19,25)24(31)32)12-34-23-21(30)20(29)22(33-5)15(4)35-23/h8,13-18,20-23,28-30H,6-7,9-12H2,1-5H3,(H,31,32)/t14-,15+,16-,17-,18-,20+,21-,22+,23-,25-,26-,27-/m1/s1. The maximum atomic E-state index is 13.5. The monoisotopic (exact) mass is 494 g/mol. The molecule has 0 unspecified atom stereocenters. The highest BCUT2D eigenvalue weighted by molar-refractivity contribution is 5.85. The molecule has 3 saturated carbocycles. The molecule has 0 aromatic heterocycles. The van der Waals surface area contributed by atoms with E-state index in [1.165, 1.54) is 7.11 Å². The van der Waals surface area contributed by atoms with Gasteiger partial charge >= 0.3 is 5.97 Å². The van der Waals surface area contributed by atoms with Crippen molar-refractivity contribution in [1.82, 2.24) is 0 Å². The molecule has 12 atom stereocenters. The quantitative estimate of drug-likeness (QED) is 0.397. The smallest absolute Gasteiger partial charge is 0.315 e. The van der Waals surface area contributed by atoms with Gasteiger partial charge in [-0.1, -0.05) is 38.8 Å². The summed E-state index contributed by atoms with van der Waals surface area (Å²) >= 11 is 0. The highest BCUT2D eigenvalue weighted by Gasteiger charge is 2.84. The van der Waals surface area contributed by atoms with Crippen LogP contribution in [0.5, 0.6) is 0 Å². The first kappa shape index (κ1) is 25.6. The Labute approximate surface area is 207 Å². The molecule has 5 rings (SSSR count). The first-order valence-electron chi connectivity index (χ1n) is 13.2. The largest absolute Gasteiger partial charge is 0.481 e. The van der Waals surface area contributed by atoms with Crippen molar-refractivity contribution in [1.29, 1.82) is 0 Å². The Morgan fingerprint density at radius 2 is 1.89 bits per heavy atom. The van der Waals surface area contributed by atoms with Crippen LogP contribution in [0.1, 0.15) is 53.4 Å². The number of aliphatic carboxylic acids is 1. The Morgan fingerprint density at radius 1 is 1.17 bits per heavy atom. The Hall–Kier alpha value is -1.03. The Balaban J connectivity index is 1.56. The third-order valence-corrected chi connectivity index (χ3v) is 10.9. The highest BCUT2D eigenvalue weighted by atomic mass is 16.7. The summed E-state index contributed by atoms with van der Waals surface area (Å²) in [5.41, 5.74) is -1.78. The number of methoxy groups -OCH3 is 1. The first-order chi connectivity index (χ1) is 16.5. The topological polar surface area (TPSA) is 126 Å². The number of hydrogen-bond donors (Lipinski definition) is 4. The second kappa shape index (κ2) is 8.50. The number of aliphatic hydroxyl groups is 3. The van der Waals surface area contributed by atoms with Crippen molar-refractivity contribution in [3.63, 3.8) is 0 Å². The number of fused-ring (bicyclic) bond motifs is 2. The molecule has 1 heterocycles. The number of rotatable bonds is 7. The minimum atomic E-state index is -1.31. The third kappa shape index (κ3) is 2.98. The zero-order valence-corrected chi connectivity index (χ0v) is 21.5. The summed E-state index contributed by atoms with van der Waals surface area (Å²) in [5, 5.41) is 43.4. The van der Waals surface area contributed by atoms with Gasteiger partial charge in [-0.15, -0.1) is 0 Å². The van der Waals surface area contributed by atoms with E-state index in [9.17, 15) is 25.2 Å². The number of carboxylic acids is 1. The van der Waals surface area contributed by atoms with Gasteiger partial charge in [0.05, 0.1) is 19.3 Å². The average molecular weight is 495 g/mol. The van der Waals surface area contributed by atoms with Gasteiger partial charge in [-0.05, 0) is 55.8 Å². The van der Waals surface area contributed by atoms with Crippen LogP contribution in [-0.2, 0) is 19.0 Å². The van der Waals surface area contributed by atoms with Crippen molar-refractivity contribution < 1.29 is 39.4 Å². The van der Waals surface area contributed by atoms with Gasteiger partial charge in [0.25, 0.3) is 0 Å². The second-order valence-corrected chi connectivity index (χ2v) is 12.3. The molecule has 0 amide bonds. The summed E-state index contributed by atoms with van der Waals surface area (Å²) in [5.74, 6) is 0.0692. The minimum absolute atomic E-state index is 0.0258. The van der Waals surface area contributed by atoms with E-state index in [0.29, 0.717) is 24.7 Å². The van der Waals surface area contributed by atoms with E-state index >= 15 is 0 Å². The minimum Gasteiger partial charge on any atom is -0.481 e. The van der Waals surface area contributed by atoms with Crippen LogP contribution in [-0.4, -0.2) is 77.4 Å². The summed E-state index contributed by atoms with van der Waals surface area (Å²) in [4.78, 5) is 13.5. The SMILES string of the molecule is CO[C@@H]1[C@@H](O)[C@@H](O)[C@H](OC[C@]23C[C@@H]4[C@H](C)CC[C@H]4[C@]4(CO)C[C@H]2C=C(C(C)C)[C@]34C(=O)O)O[C@H]1C. The molecule has 4 N–H and O–H groups in total. The van der Waals surface area contributed by atoms with Crippen LogP contribution in [0.2, 0.25) is 0 Å². The molecule has 35 heavy (non-hydrogen) atoms. The molecular weight excluding hydrogens is 452 g/mol. The van der Waals surface area contributed by atoms with Crippen molar-refractivity contribution in [2.45, 2.75) is 84.1 Å². The summed E-state index contributed by atoms with van der Waals surface area (Å²) in [6, 6.07) is 0. The lowest BCUT2D eigenvalue weighted by molar-refractivity contribution is -0.307. The molecule has 0 aromatic carbocycles. The molecule has 1 saturated heterocycles. The molecule has 8 nitrogen and oxygen atoms in total. The average Bonchev–Trinajstić information content (AvgIpc) is 3.38. The molecule has 4 aliphatic carbocycles. The number of carbonyl (C=O) groups is 1. The van der Waals surface area contributed by atoms with Crippen LogP contribution in [0.15, 0.2) is 11.6 Å². The van der Waals surface area contributed by atoms with Crippen molar-refractivity contribution in [2.75, 3.05) is 20.3 Å². The van der Waals surface area contributed by atoms with E-state index in [4.69, 9.17) is 14.2 Å². The molecule has 8 heteroatoms. The van der Waals surface area contributed by atoms with Gasteiger partial charge < -0.3 is 34.6 Å². The molecule has 4 fully saturated rings. The molecule has 1 aliphatic heterocycles. The number of allylic oxidation sites excluding steroid dienone is 1. The van der Waals surface area contributed by atoms with Gasteiger partial charge in [0, 0.05) is 17.9 Å². The van der Waals surface area contributed by atoms with Crippen LogP contribution < -0.4 is 0 Å². The lowest BCUT2D eigenvalue weighted by atomic mass is 9.42. The second-order valence-electron chi connectivity index (χ2n) is 12.3. The first-order valence-corrected chi connectivity index (χ1v) is 13.2. The summed E-state index contributed by atoms with van der Waals surface area (Å²) < 4.78 is 17.5. The van der Waals surface area contributed by atoms with E-state index in [1.54, 1.807) is 6.92 Å².